The van der Waals surface area contributed by atoms with E-state index in [1.807, 2.05) is 44.2 Å². The number of carbonyl (C=O) groups is 2. The van der Waals surface area contributed by atoms with Crippen LogP contribution in [-0.4, -0.2) is 27.7 Å². The molecule has 0 aliphatic carbocycles. The molecular formula is C24H21FN2O3S. The summed E-state index contributed by atoms with van der Waals surface area (Å²) in [4.78, 5) is 26.9. The Kier molecular flexibility index (Phi) is 5.69. The van der Waals surface area contributed by atoms with Crippen LogP contribution in [0.4, 0.5) is 9.18 Å². The number of para-hydroxylation sites is 2. The van der Waals surface area contributed by atoms with Gasteiger partial charge in [-0.25, -0.2) is 4.39 Å². The van der Waals surface area contributed by atoms with Gasteiger partial charge < -0.3 is 9.30 Å². The second-order valence-electron chi connectivity index (χ2n) is 7.23. The molecule has 31 heavy (non-hydrogen) atoms. The Morgan fingerprint density at radius 1 is 1.06 bits per heavy atom. The first-order chi connectivity index (χ1) is 14.9. The van der Waals surface area contributed by atoms with Crippen molar-refractivity contribution < 1.29 is 18.7 Å². The Hall–Kier alpha value is -3.32. The van der Waals surface area contributed by atoms with E-state index < -0.39 is 0 Å². The number of methoxy groups -OCH3 is 1. The van der Waals surface area contributed by atoms with Gasteiger partial charge in [-0.1, -0.05) is 24.3 Å². The van der Waals surface area contributed by atoms with Gasteiger partial charge in [-0.2, -0.15) is 0 Å². The van der Waals surface area contributed by atoms with Crippen molar-refractivity contribution in [1.82, 2.24) is 9.47 Å². The van der Waals surface area contributed by atoms with Crippen LogP contribution in [-0.2, 0) is 11.3 Å². The van der Waals surface area contributed by atoms with Gasteiger partial charge in [0.05, 0.1) is 24.2 Å². The van der Waals surface area contributed by atoms with Crippen molar-refractivity contribution >= 4 is 29.0 Å². The first-order valence-electron chi connectivity index (χ1n) is 9.71. The Balaban J connectivity index is 1.64. The predicted molar refractivity (Wildman–Crippen MR) is 120 cm³/mol. The summed E-state index contributed by atoms with van der Waals surface area (Å²) >= 11 is 0.917. The molecule has 1 aliphatic heterocycles. The van der Waals surface area contributed by atoms with Crippen LogP contribution < -0.4 is 4.74 Å². The fraction of sp³-hybridized carbons (Fsp3) is 0.167. The molecule has 1 fully saturated rings. The lowest BCUT2D eigenvalue weighted by atomic mass is 10.2. The number of amides is 2. The van der Waals surface area contributed by atoms with E-state index in [4.69, 9.17) is 4.74 Å². The van der Waals surface area contributed by atoms with Crippen LogP contribution in [0.15, 0.2) is 59.5 Å². The number of imide groups is 1. The maximum atomic E-state index is 13.1. The lowest BCUT2D eigenvalue weighted by Gasteiger charge is -2.13. The van der Waals surface area contributed by atoms with E-state index in [-0.39, 0.29) is 23.5 Å². The molecule has 5 nitrogen and oxygen atoms in total. The SMILES string of the molecule is COc1ccccc1-n1c(C)cc(/C=C2\SC(=O)N(Cc3ccc(F)cc3)C2=O)c1C. The van der Waals surface area contributed by atoms with Crippen molar-refractivity contribution in [2.45, 2.75) is 20.4 Å². The number of ether oxygens (including phenoxy) is 1. The molecule has 0 N–H and O–H groups in total. The molecule has 0 atom stereocenters. The average molecular weight is 437 g/mol. The fourth-order valence-electron chi connectivity index (χ4n) is 3.67. The zero-order valence-corrected chi connectivity index (χ0v) is 18.2. The summed E-state index contributed by atoms with van der Waals surface area (Å²) in [6, 6.07) is 15.5. The number of nitrogens with zero attached hydrogens (tertiary/aromatic N) is 2. The van der Waals surface area contributed by atoms with E-state index in [0.29, 0.717) is 10.5 Å². The minimum Gasteiger partial charge on any atom is -0.495 e. The second kappa shape index (κ2) is 8.43. The highest BCUT2D eigenvalue weighted by Crippen LogP contribution is 2.35. The van der Waals surface area contributed by atoms with Crippen molar-refractivity contribution in [2.24, 2.45) is 0 Å². The smallest absolute Gasteiger partial charge is 0.293 e. The number of thioether (sulfide) groups is 1. The molecular weight excluding hydrogens is 415 g/mol. The maximum absolute atomic E-state index is 13.1. The van der Waals surface area contributed by atoms with Crippen molar-refractivity contribution in [3.05, 3.63) is 87.8 Å². The van der Waals surface area contributed by atoms with Gasteiger partial charge in [-0.15, -0.1) is 0 Å². The Bertz CT molecular complexity index is 1200. The average Bonchev–Trinajstić information content (AvgIpc) is 3.18. The van der Waals surface area contributed by atoms with Gasteiger partial charge in [0.2, 0.25) is 0 Å². The number of rotatable bonds is 5. The Labute approximate surface area is 184 Å². The summed E-state index contributed by atoms with van der Waals surface area (Å²) < 4.78 is 20.7. The summed E-state index contributed by atoms with van der Waals surface area (Å²) in [5.74, 6) is 0.0417. The summed E-state index contributed by atoms with van der Waals surface area (Å²) in [6.45, 7) is 4.06. The largest absolute Gasteiger partial charge is 0.495 e. The normalized spacial score (nSPS) is 15.2. The molecule has 0 saturated carbocycles. The highest BCUT2D eigenvalue weighted by atomic mass is 32.2. The molecule has 1 aromatic heterocycles. The molecule has 3 aromatic rings. The molecule has 2 amide bonds. The molecule has 1 saturated heterocycles. The fourth-order valence-corrected chi connectivity index (χ4v) is 4.50. The number of hydrogen-bond donors (Lipinski definition) is 0. The van der Waals surface area contributed by atoms with Crippen LogP contribution in [0.1, 0.15) is 22.5 Å². The number of halogens is 1. The molecule has 0 spiro atoms. The highest BCUT2D eigenvalue weighted by molar-refractivity contribution is 8.18. The van der Waals surface area contributed by atoms with Crippen molar-refractivity contribution in [1.29, 1.82) is 0 Å². The summed E-state index contributed by atoms with van der Waals surface area (Å²) in [5, 5.41) is -0.334. The van der Waals surface area contributed by atoms with E-state index >= 15 is 0 Å². The van der Waals surface area contributed by atoms with Crippen LogP contribution in [0, 0.1) is 19.7 Å². The molecule has 2 aromatic carbocycles. The predicted octanol–water partition coefficient (Wildman–Crippen LogP) is 5.48. The van der Waals surface area contributed by atoms with E-state index in [1.165, 1.54) is 17.0 Å². The van der Waals surface area contributed by atoms with E-state index in [1.54, 1.807) is 25.3 Å². The first kappa shape index (κ1) is 20.9. The van der Waals surface area contributed by atoms with Gasteiger partial charge in [0.1, 0.15) is 11.6 Å². The van der Waals surface area contributed by atoms with Crippen molar-refractivity contribution in [3.8, 4) is 11.4 Å². The molecule has 0 bridgehead atoms. The molecule has 158 valence electrons. The maximum Gasteiger partial charge on any atom is 0.293 e. The van der Waals surface area contributed by atoms with E-state index in [2.05, 4.69) is 4.57 Å². The monoisotopic (exact) mass is 436 g/mol. The minimum absolute atomic E-state index is 0.114. The third-order valence-corrected chi connectivity index (χ3v) is 6.12. The standard InChI is InChI=1S/C24H21FN2O3S/c1-15-12-18(16(2)27(15)20-6-4-5-7-21(20)30-3)13-22-23(28)26(24(29)31-22)14-17-8-10-19(25)11-9-17/h4-13H,14H2,1-3H3/b22-13-. The van der Waals surface area contributed by atoms with E-state index in [9.17, 15) is 14.0 Å². The molecule has 0 radical (unpaired) electrons. The second-order valence-corrected chi connectivity index (χ2v) is 8.22. The van der Waals surface area contributed by atoms with E-state index in [0.717, 1.165) is 40.2 Å². The molecule has 0 unspecified atom stereocenters. The first-order valence-corrected chi connectivity index (χ1v) is 10.5. The summed E-state index contributed by atoms with van der Waals surface area (Å²) in [6.07, 6.45) is 1.75. The van der Waals surface area contributed by atoms with Crippen LogP contribution in [0.5, 0.6) is 5.75 Å². The number of aromatic nitrogens is 1. The molecule has 1 aliphatic rings. The number of hydrogen-bond acceptors (Lipinski definition) is 4. The van der Waals surface area contributed by atoms with Crippen molar-refractivity contribution in [3.63, 3.8) is 0 Å². The molecule has 7 heteroatoms. The topological polar surface area (TPSA) is 51.5 Å². The van der Waals surface area contributed by atoms with Crippen LogP contribution in [0.25, 0.3) is 11.8 Å². The van der Waals surface area contributed by atoms with Gasteiger partial charge in [0.15, 0.2) is 0 Å². The number of carbonyl (C=O) groups excluding carboxylic acids is 2. The van der Waals surface area contributed by atoms with Crippen LogP contribution in [0.2, 0.25) is 0 Å². The Morgan fingerprint density at radius 2 is 1.77 bits per heavy atom. The highest BCUT2D eigenvalue weighted by Gasteiger charge is 2.35. The number of benzene rings is 2. The van der Waals surface area contributed by atoms with Gasteiger partial charge in [-0.05, 0) is 73.1 Å². The quantitative estimate of drug-likeness (QED) is 0.497. The van der Waals surface area contributed by atoms with Crippen molar-refractivity contribution in [2.75, 3.05) is 7.11 Å². The van der Waals surface area contributed by atoms with Gasteiger partial charge >= 0.3 is 0 Å². The lowest BCUT2D eigenvalue weighted by molar-refractivity contribution is -0.123. The zero-order valence-electron chi connectivity index (χ0n) is 17.4. The number of aryl methyl sites for hydroxylation is 1. The summed E-state index contributed by atoms with van der Waals surface area (Å²) in [7, 11) is 1.63. The third-order valence-electron chi connectivity index (χ3n) is 5.21. The van der Waals surface area contributed by atoms with Gasteiger partial charge in [-0.3, -0.25) is 14.5 Å². The van der Waals surface area contributed by atoms with Crippen LogP contribution in [0.3, 0.4) is 0 Å². The van der Waals surface area contributed by atoms with Crippen LogP contribution >= 0.6 is 11.8 Å². The third kappa shape index (κ3) is 4.01. The Morgan fingerprint density at radius 3 is 2.48 bits per heavy atom. The summed E-state index contributed by atoms with van der Waals surface area (Å²) in [5.41, 5.74) is 4.38. The van der Waals surface area contributed by atoms with Gasteiger partial charge in [0.25, 0.3) is 11.1 Å². The lowest BCUT2D eigenvalue weighted by Crippen LogP contribution is -2.27. The zero-order chi connectivity index (χ0) is 22.1. The molecule has 4 rings (SSSR count). The molecule has 2 heterocycles. The van der Waals surface area contributed by atoms with Gasteiger partial charge in [0, 0.05) is 11.4 Å². The minimum atomic E-state index is -0.358.